The molecule has 3 aromatic rings. The molecule has 0 atom stereocenters. The zero-order valence-electron chi connectivity index (χ0n) is 16.9. The number of nitrogens with one attached hydrogen (secondary N) is 1. The van der Waals surface area contributed by atoms with Gasteiger partial charge in [-0.2, -0.15) is 8.42 Å². The van der Waals surface area contributed by atoms with Crippen molar-refractivity contribution >= 4 is 21.8 Å². The van der Waals surface area contributed by atoms with Crippen LogP contribution in [0.25, 0.3) is 0 Å². The number of amides is 2. The largest absolute Gasteiger partial charge is 0.467 e. The van der Waals surface area contributed by atoms with Crippen LogP contribution in [0.2, 0.25) is 0 Å². The molecule has 0 spiro atoms. The first kappa shape index (κ1) is 21.4. The summed E-state index contributed by atoms with van der Waals surface area (Å²) in [5, 5.41) is 2.92. The maximum Gasteiger partial charge on any atom is 0.322 e. The smallest absolute Gasteiger partial charge is 0.322 e. The van der Waals surface area contributed by atoms with E-state index in [1.165, 1.54) is 6.92 Å². The minimum atomic E-state index is -3.63. The van der Waals surface area contributed by atoms with Gasteiger partial charge in [-0.1, -0.05) is 30.3 Å². The number of hydrogen-bond donors (Lipinski definition) is 1. The first-order valence-corrected chi connectivity index (χ1v) is 11.1. The molecule has 0 saturated carbocycles. The molecule has 2 amide bonds. The average molecular weight is 429 g/mol. The van der Waals surface area contributed by atoms with Gasteiger partial charge in [0, 0.05) is 12.2 Å². The molecule has 0 unspecified atom stereocenters. The molecule has 158 valence electrons. The van der Waals surface area contributed by atoms with E-state index in [0.29, 0.717) is 5.76 Å². The van der Waals surface area contributed by atoms with E-state index in [4.69, 9.17) is 8.60 Å². The number of anilines is 1. The Morgan fingerprint density at radius 3 is 2.57 bits per heavy atom. The van der Waals surface area contributed by atoms with Crippen molar-refractivity contribution in [1.82, 2.24) is 4.90 Å². The molecule has 2 aromatic carbocycles. The molecule has 0 saturated heterocycles. The highest BCUT2D eigenvalue weighted by Crippen LogP contribution is 2.20. The summed E-state index contributed by atoms with van der Waals surface area (Å²) in [7, 11) is -3.63. The summed E-state index contributed by atoms with van der Waals surface area (Å²) in [5.41, 5.74) is 2.40. The number of nitrogens with zero attached hydrogens (tertiary/aromatic N) is 1. The Hall–Kier alpha value is -3.26. The predicted molar refractivity (Wildman–Crippen MR) is 115 cm³/mol. The minimum absolute atomic E-state index is 0.124. The van der Waals surface area contributed by atoms with E-state index in [1.807, 2.05) is 37.3 Å². The van der Waals surface area contributed by atoms with Gasteiger partial charge in [0.25, 0.3) is 0 Å². The Kier molecular flexibility index (Phi) is 6.79. The predicted octanol–water partition coefficient (Wildman–Crippen LogP) is 4.55. The van der Waals surface area contributed by atoms with Crippen LogP contribution in [0.3, 0.4) is 0 Å². The van der Waals surface area contributed by atoms with Crippen LogP contribution in [-0.2, 0) is 23.2 Å². The number of rotatable bonds is 8. The molecule has 3 rings (SSSR count). The minimum Gasteiger partial charge on any atom is -0.467 e. The van der Waals surface area contributed by atoms with Gasteiger partial charge in [0.05, 0.1) is 18.6 Å². The molecule has 30 heavy (non-hydrogen) atoms. The summed E-state index contributed by atoms with van der Waals surface area (Å²) in [6.45, 7) is 3.92. The van der Waals surface area contributed by atoms with Crippen molar-refractivity contribution in [3.63, 3.8) is 0 Å². The van der Waals surface area contributed by atoms with Crippen molar-refractivity contribution in [3.8, 4) is 5.75 Å². The summed E-state index contributed by atoms with van der Waals surface area (Å²) in [6, 6.07) is 17.5. The molecular formula is C22H24N2O5S. The van der Waals surface area contributed by atoms with Crippen molar-refractivity contribution < 1.29 is 21.8 Å². The third-order valence-corrected chi connectivity index (χ3v) is 5.60. The van der Waals surface area contributed by atoms with Crippen molar-refractivity contribution in [2.24, 2.45) is 0 Å². The van der Waals surface area contributed by atoms with Gasteiger partial charge in [0.1, 0.15) is 11.5 Å². The van der Waals surface area contributed by atoms with Crippen LogP contribution in [0.1, 0.15) is 23.8 Å². The second kappa shape index (κ2) is 9.49. The highest BCUT2D eigenvalue weighted by atomic mass is 32.2. The Balaban J connectivity index is 1.81. The van der Waals surface area contributed by atoms with Crippen molar-refractivity contribution in [1.29, 1.82) is 0 Å². The van der Waals surface area contributed by atoms with E-state index < -0.39 is 10.1 Å². The van der Waals surface area contributed by atoms with Crippen LogP contribution in [0.15, 0.2) is 71.3 Å². The highest BCUT2D eigenvalue weighted by Gasteiger charge is 2.18. The standard InChI is InChI=1S/C22H24N2O5S/c1-3-30(26,27)29-19-10-6-9-18(14-19)15-24(16-20-11-7-13-28-20)22(25)23-21-12-5-4-8-17(21)2/h4-14H,3,15-16H2,1-2H3,(H,23,25). The lowest BCUT2D eigenvalue weighted by Gasteiger charge is -2.23. The number of urea groups is 1. The zero-order chi connectivity index (χ0) is 21.6. The second-order valence-electron chi connectivity index (χ2n) is 6.76. The number of benzene rings is 2. The van der Waals surface area contributed by atoms with Gasteiger partial charge < -0.3 is 18.8 Å². The van der Waals surface area contributed by atoms with Gasteiger partial charge in [-0.3, -0.25) is 0 Å². The average Bonchev–Trinajstić information content (AvgIpc) is 3.22. The lowest BCUT2D eigenvalue weighted by atomic mass is 10.2. The number of hydrogen-bond acceptors (Lipinski definition) is 5. The van der Waals surface area contributed by atoms with Gasteiger partial charge in [-0.15, -0.1) is 0 Å². The SMILES string of the molecule is CCS(=O)(=O)Oc1cccc(CN(Cc2ccco2)C(=O)Nc2ccccc2C)c1. The maximum atomic E-state index is 13.0. The second-order valence-corrected chi connectivity index (χ2v) is 8.62. The van der Waals surface area contributed by atoms with Crippen LogP contribution in [0.4, 0.5) is 10.5 Å². The van der Waals surface area contributed by atoms with Crippen LogP contribution < -0.4 is 9.50 Å². The van der Waals surface area contributed by atoms with Crippen molar-refractivity contribution in [2.75, 3.05) is 11.1 Å². The molecule has 1 N–H and O–H groups in total. The molecule has 0 aliphatic carbocycles. The van der Waals surface area contributed by atoms with Crippen LogP contribution >= 0.6 is 0 Å². The lowest BCUT2D eigenvalue weighted by Crippen LogP contribution is -2.34. The fourth-order valence-corrected chi connectivity index (χ4v) is 3.33. The first-order valence-electron chi connectivity index (χ1n) is 9.51. The fraction of sp³-hybridized carbons (Fsp3) is 0.227. The molecule has 1 aromatic heterocycles. The number of furan rings is 1. The molecule has 0 bridgehead atoms. The van der Waals surface area contributed by atoms with Gasteiger partial charge in [0.15, 0.2) is 0 Å². The normalized spacial score (nSPS) is 11.1. The monoisotopic (exact) mass is 428 g/mol. The van der Waals surface area contributed by atoms with E-state index in [9.17, 15) is 13.2 Å². The molecule has 0 fully saturated rings. The summed E-state index contributed by atoms with van der Waals surface area (Å²) < 4.78 is 34.0. The van der Waals surface area contributed by atoms with Crippen molar-refractivity contribution in [3.05, 3.63) is 83.8 Å². The number of aryl methyl sites for hydroxylation is 1. The molecule has 7 nitrogen and oxygen atoms in total. The van der Waals surface area contributed by atoms with E-state index in [2.05, 4.69) is 5.32 Å². The Morgan fingerprint density at radius 2 is 1.87 bits per heavy atom. The Morgan fingerprint density at radius 1 is 1.07 bits per heavy atom. The molecule has 0 radical (unpaired) electrons. The van der Waals surface area contributed by atoms with E-state index in [1.54, 1.807) is 41.5 Å². The third kappa shape index (κ3) is 5.87. The summed E-state index contributed by atoms with van der Waals surface area (Å²) in [4.78, 5) is 14.6. The Bertz CT molecular complexity index is 1090. The molecule has 0 aliphatic rings. The lowest BCUT2D eigenvalue weighted by molar-refractivity contribution is 0.201. The Labute approximate surface area is 176 Å². The number of carbonyl (C=O) groups excluding carboxylic acids is 1. The summed E-state index contributed by atoms with van der Waals surface area (Å²) in [6.07, 6.45) is 1.55. The summed E-state index contributed by atoms with van der Waals surface area (Å²) >= 11 is 0. The molecule has 0 aliphatic heterocycles. The fourth-order valence-electron chi connectivity index (χ4n) is 2.82. The zero-order valence-corrected chi connectivity index (χ0v) is 17.7. The van der Waals surface area contributed by atoms with Gasteiger partial charge in [0.2, 0.25) is 0 Å². The highest BCUT2D eigenvalue weighted by molar-refractivity contribution is 7.87. The number of carbonyl (C=O) groups is 1. The van der Waals surface area contributed by atoms with Crippen LogP contribution in [0, 0.1) is 6.92 Å². The quantitative estimate of drug-likeness (QED) is 0.532. The van der Waals surface area contributed by atoms with E-state index >= 15 is 0 Å². The molecular weight excluding hydrogens is 404 g/mol. The van der Waals surface area contributed by atoms with Gasteiger partial charge >= 0.3 is 16.1 Å². The molecule has 1 heterocycles. The van der Waals surface area contributed by atoms with Crippen LogP contribution in [-0.4, -0.2) is 25.1 Å². The van der Waals surface area contributed by atoms with Gasteiger partial charge in [-0.05, 0) is 55.3 Å². The third-order valence-electron chi connectivity index (χ3n) is 4.45. The first-order chi connectivity index (χ1) is 14.4. The van der Waals surface area contributed by atoms with Gasteiger partial charge in [-0.25, -0.2) is 4.79 Å². The summed E-state index contributed by atoms with van der Waals surface area (Å²) in [5.74, 6) is 0.725. The van der Waals surface area contributed by atoms with Crippen molar-refractivity contribution in [2.45, 2.75) is 26.9 Å². The maximum absolute atomic E-state index is 13.0. The number of para-hydroxylation sites is 1. The van der Waals surface area contributed by atoms with E-state index in [-0.39, 0.29) is 30.6 Å². The molecule has 8 heteroatoms. The van der Waals surface area contributed by atoms with E-state index in [0.717, 1.165) is 16.8 Å². The topological polar surface area (TPSA) is 88.9 Å². The van der Waals surface area contributed by atoms with Crippen LogP contribution in [0.5, 0.6) is 5.75 Å².